The lowest BCUT2D eigenvalue weighted by molar-refractivity contribution is -0.137. The van der Waals surface area contributed by atoms with E-state index in [9.17, 15) is 26.3 Å². The maximum absolute atomic E-state index is 12.8. The fourth-order valence-corrected chi connectivity index (χ4v) is 1.63. The lowest BCUT2D eigenvalue weighted by Crippen LogP contribution is -2.19. The van der Waals surface area contributed by atoms with Gasteiger partial charge >= 0.3 is 12.4 Å². The lowest BCUT2D eigenvalue weighted by atomic mass is 10.1. The van der Waals surface area contributed by atoms with Crippen LogP contribution in [0.3, 0.4) is 0 Å². The molecular formula is C11H10F6N2S. The Labute approximate surface area is 115 Å². The molecule has 0 aliphatic carbocycles. The number of halogens is 6. The molecule has 0 saturated carbocycles. The number of nitrogens with one attached hydrogen (secondary N) is 1. The number of hydrogen-bond donors (Lipinski definition) is 2. The Kier molecular flexibility index (Phi) is 4.85. The van der Waals surface area contributed by atoms with Crippen LogP contribution >= 0.6 is 12.2 Å². The SMILES string of the molecule is NC(=S)c1ccc(NCCC(F)(F)F)cc1C(F)(F)F. The smallest absolute Gasteiger partial charge is 0.389 e. The Hall–Kier alpha value is -1.51. The highest BCUT2D eigenvalue weighted by Gasteiger charge is 2.34. The highest BCUT2D eigenvalue weighted by Crippen LogP contribution is 2.34. The van der Waals surface area contributed by atoms with Gasteiger partial charge in [-0.3, -0.25) is 0 Å². The largest absolute Gasteiger partial charge is 0.417 e. The molecule has 0 atom stereocenters. The Bertz CT molecular complexity index is 495. The predicted octanol–water partition coefficient (Wildman–Crippen LogP) is 3.70. The van der Waals surface area contributed by atoms with Crippen molar-refractivity contribution >= 4 is 22.9 Å². The molecular weight excluding hydrogens is 306 g/mol. The average Bonchev–Trinajstić information content (AvgIpc) is 2.25. The quantitative estimate of drug-likeness (QED) is 0.657. The minimum absolute atomic E-state index is 0.0819. The van der Waals surface area contributed by atoms with Crippen molar-refractivity contribution in [2.45, 2.75) is 18.8 Å². The maximum atomic E-state index is 12.8. The van der Waals surface area contributed by atoms with Crippen molar-refractivity contribution in [1.82, 2.24) is 0 Å². The summed E-state index contributed by atoms with van der Waals surface area (Å²) in [6, 6.07) is 2.91. The van der Waals surface area contributed by atoms with E-state index in [0.717, 1.165) is 6.07 Å². The number of rotatable bonds is 4. The van der Waals surface area contributed by atoms with Gasteiger partial charge in [0.25, 0.3) is 0 Å². The fourth-order valence-electron chi connectivity index (χ4n) is 1.45. The average molecular weight is 316 g/mol. The molecule has 1 aromatic carbocycles. The third kappa shape index (κ3) is 4.87. The summed E-state index contributed by atoms with van der Waals surface area (Å²) in [5, 5.41) is 2.28. The molecule has 0 radical (unpaired) electrons. The highest BCUT2D eigenvalue weighted by atomic mass is 32.1. The van der Waals surface area contributed by atoms with E-state index in [0.29, 0.717) is 6.07 Å². The molecule has 0 aliphatic rings. The van der Waals surface area contributed by atoms with Crippen LogP contribution in [0.1, 0.15) is 17.5 Å². The van der Waals surface area contributed by atoms with Gasteiger partial charge in [0.1, 0.15) is 4.99 Å². The number of hydrogen-bond acceptors (Lipinski definition) is 2. The van der Waals surface area contributed by atoms with Crippen molar-refractivity contribution in [1.29, 1.82) is 0 Å². The normalized spacial score (nSPS) is 12.3. The molecule has 0 aliphatic heterocycles. The van der Waals surface area contributed by atoms with Gasteiger partial charge in [-0.05, 0) is 18.2 Å². The van der Waals surface area contributed by atoms with Gasteiger partial charge in [0, 0.05) is 17.8 Å². The van der Waals surface area contributed by atoms with Crippen LogP contribution in [0, 0.1) is 0 Å². The van der Waals surface area contributed by atoms with E-state index in [1.165, 1.54) is 6.07 Å². The van der Waals surface area contributed by atoms with Gasteiger partial charge in [0.15, 0.2) is 0 Å². The molecule has 2 nitrogen and oxygen atoms in total. The monoisotopic (exact) mass is 316 g/mol. The molecule has 9 heteroatoms. The topological polar surface area (TPSA) is 38.0 Å². The first-order valence-corrected chi connectivity index (χ1v) is 5.73. The molecule has 0 heterocycles. The zero-order chi connectivity index (χ0) is 15.6. The van der Waals surface area contributed by atoms with Crippen molar-refractivity contribution in [2.75, 3.05) is 11.9 Å². The van der Waals surface area contributed by atoms with Crippen molar-refractivity contribution in [2.24, 2.45) is 5.73 Å². The first-order chi connectivity index (χ1) is 9.00. The van der Waals surface area contributed by atoms with Crippen LogP contribution in [0.2, 0.25) is 0 Å². The van der Waals surface area contributed by atoms with Crippen LogP contribution in [-0.4, -0.2) is 17.7 Å². The van der Waals surface area contributed by atoms with E-state index in [4.69, 9.17) is 5.73 Å². The molecule has 0 fully saturated rings. The molecule has 20 heavy (non-hydrogen) atoms. The standard InChI is InChI=1S/C11H10F6N2S/c12-10(13,14)3-4-19-6-1-2-7(9(18)20)8(5-6)11(15,16)17/h1-2,5,19H,3-4H2,(H2,18,20). The third-order valence-electron chi connectivity index (χ3n) is 2.33. The van der Waals surface area contributed by atoms with Gasteiger partial charge < -0.3 is 11.1 Å². The van der Waals surface area contributed by atoms with Gasteiger partial charge in [-0.1, -0.05) is 12.2 Å². The zero-order valence-corrected chi connectivity index (χ0v) is 10.7. The van der Waals surface area contributed by atoms with E-state index in [2.05, 4.69) is 17.5 Å². The Balaban J connectivity index is 2.93. The second-order valence-corrected chi connectivity index (χ2v) is 4.35. The molecule has 0 aromatic heterocycles. The molecule has 112 valence electrons. The summed E-state index contributed by atoms with van der Waals surface area (Å²) >= 11 is 4.51. The van der Waals surface area contributed by atoms with Gasteiger partial charge in [0.2, 0.25) is 0 Å². The van der Waals surface area contributed by atoms with Crippen LogP contribution in [0.25, 0.3) is 0 Å². The second kappa shape index (κ2) is 5.86. The van der Waals surface area contributed by atoms with Gasteiger partial charge in [-0.15, -0.1) is 0 Å². The van der Waals surface area contributed by atoms with Gasteiger partial charge in [0.05, 0.1) is 12.0 Å². The summed E-state index contributed by atoms with van der Waals surface area (Å²) in [7, 11) is 0. The summed E-state index contributed by atoms with van der Waals surface area (Å²) in [4.78, 5) is -0.431. The second-order valence-electron chi connectivity index (χ2n) is 3.91. The van der Waals surface area contributed by atoms with Crippen molar-refractivity contribution < 1.29 is 26.3 Å². The molecule has 3 N–H and O–H groups in total. The molecule has 0 spiro atoms. The highest BCUT2D eigenvalue weighted by molar-refractivity contribution is 7.80. The first kappa shape index (κ1) is 16.5. The molecule has 0 amide bonds. The fraction of sp³-hybridized carbons (Fsp3) is 0.364. The Morgan fingerprint density at radius 3 is 2.20 bits per heavy atom. The Morgan fingerprint density at radius 1 is 1.15 bits per heavy atom. The molecule has 0 saturated heterocycles. The number of benzene rings is 1. The molecule has 1 rings (SSSR count). The van der Waals surface area contributed by atoms with Crippen LogP contribution in [-0.2, 0) is 6.18 Å². The number of thiocarbonyl (C=S) groups is 1. The van der Waals surface area contributed by atoms with Crippen molar-refractivity contribution in [3.63, 3.8) is 0 Å². The van der Waals surface area contributed by atoms with Crippen LogP contribution in [0.15, 0.2) is 18.2 Å². The summed E-state index contributed by atoms with van der Waals surface area (Å²) in [5.41, 5.74) is 3.65. The predicted molar refractivity (Wildman–Crippen MR) is 66.5 cm³/mol. The van der Waals surface area contributed by atoms with E-state index in [1.54, 1.807) is 0 Å². The summed E-state index contributed by atoms with van der Waals surface area (Å²) in [5.74, 6) is 0. The third-order valence-corrected chi connectivity index (χ3v) is 2.55. The maximum Gasteiger partial charge on any atom is 0.417 e. The lowest BCUT2D eigenvalue weighted by Gasteiger charge is -2.15. The van der Waals surface area contributed by atoms with Crippen LogP contribution in [0.4, 0.5) is 32.0 Å². The minimum Gasteiger partial charge on any atom is -0.389 e. The summed E-state index contributed by atoms with van der Waals surface area (Å²) in [6.07, 6.45) is -10.2. The van der Waals surface area contributed by atoms with Crippen molar-refractivity contribution in [3.8, 4) is 0 Å². The molecule has 0 unspecified atom stereocenters. The van der Waals surface area contributed by atoms with Gasteiger partial charge in [-0.2, -0.15) is 26.3 Å². The van der Waals surface area contributed by atoms with E-state index >= 15 is 0 Å². The minimum atomic E-state index is -4.69. The van der Waals surface area contributed by atoms with E-state index in [-0.39, 0.29) is 11.3 Å². The van der Waals surface area contributed by atoms with E-state index < -0.39 is 35.9 Å². The van der Waals surface area contributed by atoms with Crippen LogP contribution in [0.5, 0.6) is 0 Å². The summed E-state index contributed by atoms with van der Waals surface area (Å²) < 4.78 is 74.2. The van der Waals surface area contributed by atoms with Gasteiger partial charge in [-0.25, -0.2) is 0 Å². The molecule has 1 aromatic rings. The van der Waals surface area contributed by atoms with Crippen LogP contribution < -0.4 is 11.1 Å². The number of anilines is 1. The summed E-state index contributed by atoms with van der Waals surface area (Å²) in [6.45, 7) is -0.521. The molecule has 0 bridgehead atoms. The first-order valence-electron chi connectivity index (χ1n) is 5.32. The van der Waals surface area contributed by atoms with E-state index in [1.807, 2.05) is 0 Å². The number of nitrogens with two attached hydrogens (primary N) is 1. The number of alkyl halides is 6. The zero-order valence-electron chi connectivity index (χ0n) is 9.90. The van der Waals surface area contributed by atoms with Crippen molar-refractivity contribution in [3.05, 3.63) is 29.3 Å². The Morgan fingerprint density at radius 2 is 1.75 bits per heavy atom.